The van der Waals surface area contributed by atoms with Crippen molar-refractivity contribution in [3.8, 4) is 0 Å². The minimum Gasteiger partial charge on any atom is -0.481 e. The fraction of sp³-hybridized carbons (Fsp3) is 0.250. The number of aliphatic carboxylic acids is 1. The van der Waals surface area contributed by atoms with Crippen LogP contribution in [0, 0.1) is 5.82 Å². The molecule has 0 fully saturated rings. The third-order valence-corrected chi connectivity index (χ3v) is 3.54. The Morgan fingerprint density at radius 3 is 3.05 bits per heavy atom. The molecule has 1 heterocycles. The number of rotatable bonds is 6. The predicted octanol–water partition coefficient (Wildman–Crippen LogP) is 2.77. The van der Waals surface area contributed by atoms with E-state index >= 15 is 0 Å². The van der Waals surface area contributed by atoms with Gasteiger partial charge in [-0.1, -0.05) is 28.9 Å². The van der Waals surface area contributed by atoms with Crippen LogP contribution in [0.2, 0.25) is 5.02 Å². The van der Waals surface area contributed by atoms with Gasteiger partial charge in [-0.25, -0.2) is 4.39 Å². The van der Waals surface area contributed by atoms with Crippen LogP contribution in [0.15, 0.2) is 22.7 Å². The Morgan fingerprint density at radius 2 is 2.30 bits per heavy atom. The number of thioether (sulfide) groups is 1. The first-order valence-corrected chi connectivity index (χ1v) is 7.13. The van der Waals surface area contributed by atoms with Gasteiger partial charge in [0.2, 0.25) is 5.89 Å². The summed E-state index contributed by atoms with van der Waals surface area (Å²) in [5.74, 6) is -0.500. The maximum absolute atomic E-state index is 13.7. The van der Waals surface area contributed by atoms with Gasteiger partial charge in [0.15, 0.2) is 5.82 Å². The van der Waals surface area contributed by atoms with E-state index in [0.717, 1.165) is 11.8 Å². The van der Waals surface area contributed by atoms with Crippen LogP contribution in [0.3, 0.4) is 0 Å². The zero-order valence-electron chi connectivity index (χ0n) is 10.2. The highest BCUT2D eigenvalue weighted by Gasteiger charge is 2.12. The third-order valence-electron chi connectivity index (χ3n) is 2.34. The van der Waals surface area contributed by atoms with Crippen LogP contribution >= 0.6 is 23.4 Å². The maximum atomic E-state index is 13.7. The van der Waals surface area contributed by atoms with Crippen molar-refractivity contribution >= 4 is 29.3 Å². The number of aromatic nitrogens is 2. The van der Waals surface area contributed by atoms with Crippen LogP contribution in [0.5, 0.6) is 0 Å². The summed E-state index contributed by atoms with van der Waals surface area (Å²) >= 11 is 6.83. The molecule has 0 aliphatic carbocycles. The lowest BCUT2D eigenvalue weighted by Crippen LogP contribution is -1.98. The molecule has 2 aromatic rings. The molecule has 0 atom stereocenters. The van der Waals surface area contributed by atoms with E-state index in [1.807, 2.05) is 0 Å². The van der Waals surface area contributed by atoms with Crippen LogP contribution in [0.4, 0.5) is 4.39 Å². The topological polar surface area (TPSA) is 76.2 Å². The summed E-state index contributed by atoms with van der Waals surface area (Å²) < 4.78 is 18.7. The molecule has 0 saturated heterocycles. The van der Waals surface area contributed by atoms with Crippen molar-refractivity contribution in [2.45, 2.75) is 12.2 Å². The molecule has 0 amide bonds. The van der Waals surface area contributed by atoms with Gasteiger partial charge in [-0.05, 0) is 11.6 Å². The SMILES string of the molecule is O=C(O)CSCc1nc(Cc2cccc(Cl)c2F)no1. The first kappa shape index (κ1) is 14.8. The zero-order valence-corrected chi connectivity index (χ0v) is 11.7. The first-order chi connectivity index (χ1) is 9.56. The maximum Gasteiger partial charge on any atom is 0.313 e. The van der Waals surface area contributed by atoms with E-state index in [9.17, 15) is 9.18 Å². The van der Waals surface area contributed by atoms with Crippen molar-refractivity contribution in [3.63, 3.8) is 0 Å². The van der Waals surface area contributed by atoms with Crippen LogP contribution in [-0.4, -0.2) is 27.0 Å². The molecule has 0 saturated carbocycles. The van der Waals surface area contributed by atoms with E-state index < -0.39 is 11.8 Å². The second kappa shape index (κ2) is 6.71. The molecule has 1 N–H and O–H groups in total. The van der Waals surface area contributed by atoms with Crippen molar-refractivity contribution in [3.05, 3.63) is 46.3 Å². The molecule has 5 nitrogen and oxygen atoms in total. The lowest BCUT2D eigenvalue weighted by molar-refractivity contribution is -0.133. The molecular weight excluding hydrogens is 307 g/mol. The number of carboxylic acid groups (broad SMARTS) is 1. The second-order valence-electron chi connectivity index (χ2n) is 3.88. The molecule has 106 valence electrons. The van der Waals surface area contributed by atoms with Crippen LogP contribution in [0.1, 0.15) is 17.3 Å². The fourth-order valence-corrected chi connectivity index (χ4v) is 2.26. The predicted molar refractivity (Wildman–Crippen MR) is 72.3 cm³/mol. The number of nitrogens with zero attached hydrogens (tertiary/aromatic N) is 2. The van der Waals surface area contributed by atoms with Gasteiger partial charge in [0.1, 0.15) is 5.82 Å². The summed E-state index contributed by atoms with van der Waals surface area (Å²) in [4.78, 5) is 14.4. The van der Waals surface area contributed by atoms with Gasteiger partial charge in [-0.3, -0.25) is 4.79 Å². The molecule has 20 heavy (non-hydrogen) atoms. The zero-order chi connectivity index (χ0) is 14.5. The van der Waals surface area contributed by atoms with E-state index in [2.05, 4.69) is 10.1 Å². The summed E-state index contributed by atoms with van der Waals surface area (Å²) in [6.07, 6.45) is 0.166. The second-order valence-corrected chi connectivity index (χ2v) is 5.27. The van der Waals surface area contributed by atoms with E-state index in [-0.39, 0.29) is 17.2 Å². The standard InChI is InChI=1S/C12H10ClFN2O3S/c13-8-3-1-2-7(12(8)14)4-9-15-10(19-16-9)5-20-6-11(17)18/h1-3H,4-6H2,(H,17,18). The molecule has 1 aromatic carbocycles. The third kappa shape index (κ3) is 3.94. The highest BCUT2D eigenvalue weighted by atomic mass is 35.5. The molecule has 8 heteroatoms. The van der Waals surface area contributed by atoms with E-state index in [1.54, 1.807) is 12.1 Å². The Labute approximate surface area is 123 Å². The average Bonchev–Trinajstić information content (AvgIpc) is 2.82. The Balaban J connectivity index is 1.99. The lowest BCUT2D eigenvalue weighted by atomic mass is 10.1. The molecule has 0 aliphatic rings. The van der Waals surface area contributed by atoms with Crippen molar-refractivity contribution in [2.24, 2.45) is 0 Å². The Hall–Kier alpha value is -1.60. The van der Waals surface area contributed by atoms with Crippen molar-refractivity contribution in [2.75, 3.05) is 5.75 Å². The van der Waals surface area contributed by atoms with Gasteiger partial charge in [-0.2, -0.15) is 4.98 Å². The molecular formula is C12H10ClFN2O3S. The monoisotopic (exact) mass is 316 g/mol. The smallest absolute Gasteiger partial charge is 0.313 e. The highest BCUT2D eigenvalue weighted by molar-refractivity contribution is 7.99. The quantitative estimate of drug-likeness (QED) is 0.883. The van der Waals surface area contributed by atoms with E-state index in [1.165, 1.54) is 6.07 Å². The van der Waals surface area contributed by atoms with E-state index in [4.69, 9.17) is 21.2 Å². The average molecular weight is 317 g/mol. The number of hydrogen-bond donors (Lipinski definition) is 1. The van der Waals surface area contributed by atoms with Crippen LogP contribution in [0.25, 0.3) is 0 Å². The van der Waals surface area contributed by atoms with Crippen molar-refractivity contribution in [1.29, 1.82) is 0 Å². The Bertz CT molecular complexity index is 620. The van der Waals surface area contributed by atoms with Gasteiger partial charge in [0.25, 0.3) is 0 Å². The summed E-state index contributed by atoms with van der Waals surface area (Å²) in [6.45, 7) is 0. The number of hydrogen-bond acceptors (Lipinski definition) is 5. The molecule has 0 unspecified atom stereocenters. The fourth-order valence-electron chi connectivity index (χ4n) is 1.50. The summed E-state index contributed by atoms with van der Waals surface area (Å²) in [6, 6.07) is 4.70. The van der Waals surface area contributed by atoms with Gasteiger partial charge in [0.05, 0.1) is 16.5 Å². The van der Waals surface area contributed by atoms with E-state index in [0.29, 0.717) is 23.0 Å². The van der Waals surface area contributed by atoms with Gasteiger partial charge >= 0.3 is 5.97 Å². The number of halogens is 2. The van der Waals surface area contributed by atoms with Gasteiger partial charge in [0, 0.05) is 6.42 Å². The molecule has 2 rings (SSSR count). The normalized spacial score (nSPS) is 10.7. The number of benzene rings is 1. The van der Waals surface area contributed by atoms with Gasteiger partial charge in [-0.15, -0.1) is 11.8 Å². The van der Waals surface area contributed by atoms with Gasteiger partial charge < -0.3 is 9.63 Å². The molecule has 0 radical (unpaired) electrons. The molecule has 0 spiro atoms. The number of carbonyl (C=O) groups is 1. The lowest BCUT2D eigenvalue weighted by Gasteiger charge is -2.00. The van der Waals surface area contributed by atoms with Crippen molar-refractivity contribution in [1.82, 2.24) is 10.1 Å². The Kier molecular flexibility index (Phi) is 4.97. The molecule has 1 aromatic heterocycles. The molecule has 0 aliphatic heterocycles. The van der Waals surface area contributed by atoms with Crippen molar-refractivity contribution < 1.29 is 18.8 Å². The highest BCUT2D eigenvalue weighted by Crippen LogP contribution is 2.20. The largest absolute Gasteiger partial charge is 0.481 e. The Morgan fingerprint density at radius 1 is 1.50 bits per heavy atom. The van der Waals surface area contributed by atoms with Crippen LogP contribution < -0.4 is 0 Å². The number of carboxylic acids is 1. The summed E-state index contributed by atoms with van der Waals surface area (Å²) in [5, 5.41) is 12.3. The summed E-state index contributed by atoms with van der Waals surface area (Å²) in [5.41, 5.74) is 0.378. The van der Waals surface area contributed by atoms with Crippen LogP contribution in [-0.2, 0) is 17.0 Å². The molecule has 0 bridgehead atoms. The minimum atomic E-state index is -0.907. The summed E-state index contributed by atoms with van der Waals surface area (Å²) in [7, 11) is 0. The minimum absolute atomic E-state index is 0.0410. The first-order valence-electron chi connectivity index (χ1n) is 5.60.